The summed E-state index contributed by atoms with van der Waals surface area (Å²) in [5, 5.41) is 0.610. The lowest BCUT2D eigenvalue weighted by Gasteiger charge is -2.08. The highest BCUT2D eigenvalue weighted by molar-refractivity contribution is 6.30. The molecule has 1 aliphatic heterocycles. The molecule has 2 aromatic rings. The molecule has 0 unspecified atom stereocenters. The lowest BCUT2D eigenvalue weighted by atomic mass is 10.0. The Morgan fingerprint density at radius 3 is 2.83 bits per heavy atom. The monoisotopic (exact) mass is 340 g/mol. The summed E-state index contributed by atoms with van der Waals surface area (Å²) in [4.78, 5) is 12.6. The number of fused-ring (bicyclic) bond motifs is 1. The van der Waals surface area contributed by atoms with Crippen LogP contribution in [-0.2, 0) is 0 Å². The molecule has 0 saturated heterocycles. The second-order valence-electron chi connectivity index (χ2n) is 5.85. The number of allylic oxidation sites excluding steroid dienone is 1. The van der Waals surface area contributed by atoms with Crippen LogP contribution in [0.15, 0.2) is 54.3 Å². The van der Waals surface area contributed by atoms with Crippen molar-refractivity contribution in [2.24, 2.45) is 0 Å². The summed E-state index contributed by atoms with van der Waals surface area (Å²) in [6, 6.07) is 10.8. The van der Waals surface area contributed by atoms with Crippen LogP contribution in [0.25, 0.3) is 6.08 Å². The minimum Gasteiger partial charge on any atom is -0.489 e. The van der Waals surface area contributed by atoms with Gasteiger partial charge in [0.05, 0.1) is 5.56 Å². The van der Waals surface area contributed by atoms with E-state index < -0.39 is 0 Å². The van der Waals surface area contributed by atoms with Crippen LogP contribution in [-0.4, -0.2) is 12.4 Å². The Balaban J connectivity index is 1.92. The first-order valence-electron chi connectivity index (χ1n) is 7.55. The Hall–Kier alpha value is -2.52. The Kier molecular flexibility index (Phi) is 4.45. The van der Waals surface area contributed by atoms with Gasteiger partial charge in [0.25, 0.3) is 0 Å². The zero-order valence-electron chi connectivity index (χ0n) is 13.6. The van der Waals surface area contributed by atoms with E-state index in [9.17, 15) is 4.79 Å². The van der Waals surface area contributed by atoms with Gasteiger partial charge in [0.2, 0.25) is 5.78 Å². The van der Waals surface area contributed by atoms with Crippen LogP contribution in [0.4, 0.5) is 0 Å². The lowest BCUT2D eigenvalue weighted by Crippen LogP contribution is -2.00. The van der Waals surface area contributed by atoms with Crippen molar-refractivity contribution < 1.29 is 14.3 Å². The van der Waals surface area contributed by atoms with Gasteiger partial charge in [-0.05, 0) is 54.8 Å². The Morgan fingerprint density at radius 2 is 2.12 bits per heavy atom. The van der Waals surface area contributed by atoms with E-state index in [0.29, 0.717) is 28.7 Å². The average molecular weight is 341 g/mol. The maximum Gasteiger partial charge on any atom is 0.232 e. The van der Waals surface area contributed by atoms with Gasteiger partial charge in [-0.25, -0.2) is 0 Å². The first kappa shape index (κ1) is 16.3. The van der Waals surface area contributed by atoms with Crippen LogP contribution in [0.3, 0.4) is 0 Å². The number of benzene rings is 2. The number of rotatable bonds is 4. The number of aryl methyl sites for hydroxylation is 1. The van der Waals surface area contributed by atoms with Crippen LogP contribution in [0.5, 0.6) is 11.5 Å². The number of Topliss-reactive ketones (excluding diaryl/α,β-unsaturated/α-hetero) is 1. The van der Waals surface area contributed by atoms with Crippen molar-refractivity contribution in [3.8, 4) is 11.5 Å². The smallest absolute Gasteiger partial charge is 0.232 e. The standard InChI is InChI=1S/C20H17ClO3/c1-12(2)11-23-16-7-13(3)19-17(10-16)24-18(20(19)22)9-14-5-4-6-15(21)8-14/h4-10H,1,11H2,2-3H3/b18-9-. The van der Waals surface area contributed by atoms with Crippen molar-refractivity contribution in [3.05, 3.63) is 76.0 Å². The van der Waals surface area contributed by atoms with Crippen molar-refractivity contribution in [1.29, 1.82) is 0 Å². The normalized spacial score (nSPS) is 14.5. The fourth-order valence-corrected chi connectivity index (χ4v) is 2.71. The van der Waals surface area contributed by atoms with Gasteiger partial charge >= 0.3 is 0 Å². The summed E-state index contributed by atoms with van der Waals surface area (Å²) in [6.07, 6.45) is 1.70. The third-order valence-electron chi connectivity index (χ3n) is 3.58. The second-order valence-corrected chi connectivity index (χ2v) is 6.29. The number of carbonyl (C=O) groups excluding carboxylic acids is 1. The van der Waals surface area contributed by atoms with Crippen LogP contribution in [0, 0.1) is 6.92 Å². The number of hydrogen-bond acceptors (Lipinski definition) is 3. The summed E-state index contributed by atoms with van der Waals surface area (Å²) in [5.41, 5.74) is 3.14. The first-order chi connectivity index (χ1) is 11.4. The van der Waals surface area contributed by atoms with Gasteiger partial charge in [-0.15, -0.1) is 0 Å². The molecule has 3 nitrogen and oxygen atoms in total. The summed E-state index contributed by atoms with van der Waals surface area (Å²) in [5.74, 6) is 1.33. The molecule has 4 heteroatoms. The molecule has 0 atom stereocenters. The highest BCUT2D eigenvalue weighted by Crippen LogP contribution is 2.37. The van der Waals surface area contributed by atoms with Gasteiger partial charge in [0.1, 0.15) is 18.1 Å². The van der Waals surface area contributed by atoms with Crippen LogP contribution >= 0.6 is 11.6 Å². The Labute approximate surface area is 146 Å². The van der Waals surface area contributed by atoms with Gasteiger partial charge in [0.15, 0.2) is 5.76 Å². The quantitative estimate of drug-likeness (QED) is 0.565. The third-order valence-corrected chi connectivity index (χ3v) is 3.81. The van der Waals surface area contributed by atoms with E-state index in [1.165, 1.54) is 0 Å². The van der Waals surface area contributed by atoms with E-state index in [1.54, 1.807) is 24.3 Å². The predicted octanol–water partition coefficient (Wildman–Crippen LogP) is 5.22. The highest BCUT2D eigenvalue weighted by atomic mass is 35.5. The molecule has 0 aliphatic carbocycles. The number of ether oxygens (including phenoxy) is 2. The molecule has 0 radical (unpaired) electrons. The molecule has 0 spiro atoms. The van der Waals surface area contributed by atoms with Gasteiger partial charge in [0, 0.05) is 11.1 Å². The van der Waals surface area contributed by atoms with E-state index in [-0.39, 0.29) is 11.5 Å². The lowest BCUT2D eigenvalue weighted by molar-refractivity contribution is 0.101. The van der Waals surface area contributed by atoms with E-state index >= 15 is 0 Å². The van der Waals surface area contributed by atoms with E-state index in [1.807, 2.05) is 32.0 Å². The van der Waals surface area contributed by atoms with Crippen molar-refractivity contribution in [2.75, 3.05) is 6.61 Å². The molecule has 1 aliphatic rings. The van der Waals surface area contributed by atoms with E-state index in [0.717, 1.165) is 16.7 Å². The van der Waals surface area contributed by atoms with Crippen LogP contribution in [0.1, 0.15) is 28.4 Å². The summed E-state index contributed by atoms with van der Waals surface area (Å²) in [7, 11) is 0. The number of carbonyl (C=O) groups is 1. The molecule has 0 fully saturated rings. The van der Waals surface area contributed by atoms with Gasteiger partial charge < -0.3 is 9.47 Å². The molecule has 1 heterocycles. The zero-order chi connectivity index (χ0) is 17.3. The van der Waals surface area contributed by atoms with Crippen molar-refractivity contribution in [2.45, 2.75) is 13.8 Å². The fourth-order valence-electron chi connectivity index (χ4n) is 2.52. The highest BCUT2D eigenvalue weighted by Gasteiger charge is 2.30. The maximum absolute atomic E-state index is 12.6. The molecule has 24 heavy (non-hydrogen) atoms. The topological polar surface area (TPSA) is 35.5 Å². The number of halogens is 1. The Morgan fingerprint density at radius 1 is 1.33 bits per heavy atom. The van der Waals surface area contributed by atoms with Gasteiger partial charge in [-0.1, -0.05) is 30.3 Å². The summed E-state index contributed by atoms with van der Waals surface area (Å²) >= 11 is 5.98. The van der Waals surface area contributed by atoms with Crippen LogP contribution < -0.4 is 9.47 Å². The molecule has 0 saturated carbocycles. The first-order valence-corrected chi connectivity index (χ1v) is 7.93. The minimum absolute atomic E-state index is 0.131. The van der Waals surface area contributed by atoms with E-state index in [2.05, 4.69) is 6.58 Å². The molecular weight excluding hydrogens is 324 g/mol. The summed E-state index contributed by atoms with van der Waals surface area (Å²) < 4.78 is 11.4. The predicted molar refractivity (Wildman–Crippen MR) is 95.9 cm³/mol. The van der Waals surface area contributed by atoms with Gasteiger partial charge in [-0.3, -0.25) is 4.79 Å². The third kappa shape index (κ3) is 3.36. The second kappa shape index (κ2) is 6.54. The molecule has 3 rings (SSSR count). The average Bonchev–Trinajstić information content (AvgIpc) is 2.82. The molecular formula is C20H17ClO3. The Bertz CT molecular complexity index is 865. The fraction of sp³-hybridized carbons (Fsp3) is 0.150. The minimum atomic E-state index is -0.131. The SMILES string of the molecule is C=C(C)COc1cc(C)c2c(c1)O/C(=C\c1cccc(Cl)c1)C2=O. The van der Waals surface area contributed by atoms with E-state index in [4.69, 9.17) is 21.1 Å². The zero-order valence-corrected chi connectivity index (χ0v) is 14.3. The largest absolute Gasteiger partial charge is 0.489 e. The summed E-state index contributed by atoms with van der Waals surface area (Å²) in [6.45, 7) is 8.01. The van der Waals surface area contributed by atoms with Crippen LogP contribution in [0.2, 0.25) is 5.02 Å². The molecule has 0 N–H and O–H groups in total. The number of hydrogen-bond donors (Lipinski definition) is 0. The van der Waals surface area contributed by atoms with Crippen molar-refractivity contribution in [3.63, 3.8) is 0 Å². The molecule has 122 valence electrons. The molecule has 0 amide bonds. The molecule has 0 bridgehead atoms. The maximum atomic E-state index is 12.6. The van der Waals surface area contributed by atoms with Gasteiger partial charge in [-0.2, -0.15) is 0 Å². The molecule has 2 aromatic carbocycles. The van der Waals surface area contributed by atoms with Crippen molar-refractivity contribution >= 4 is 23.5 Å². The number of ketones is 1. The molecule has 0 aromatic heterocycles. The van der Waals surface area contributed by atoms with Crippen molar-refractivity contribution in [1.82, 2.24) is 0 Å².